The third-order valence-electron chi connectivity index (χ3n) is 6.48. The van der Waals surface area contributed by atoms with Gasteiger partial charge in [0.15, 0.2) is 0 Å². The van der Waals surface area contributed by atoms with E-state index in [1.807, 2.05) is 0 Å². The van der Waals surface area contributed by atoms with Crippen molar-refractivity contribution >= 4 is 11.8 Å². The molecule has 20 heavy (non-hydrogen) atoms. The van der Waals surface area contributed by atoms with E-state index in [-0.39, 0.29) is 0 Å². The van der Waals surface area contributed by atoms with Gasteiger partial charge in [-0.3, -0.25) is 0 Å². The fourth-order valence-electron chi connectivity index (χ4n) is 5.69. The first-order valence-corrected chi connectivity index (χ1v) is 9.06. The molecule has 4 bridgehead atoms. The van der Waals surface area contributed by atoms with E-state index in [0.717, 1.165) is 49.7 Å². The maximum absolute atomic E-state index is 6.53. The number of unbranched alkanes of at least 4 members (excludes halogenated alkanes) is 2. The molecule has 4 fully saturated rings. The van der Waals surface area contributed by atoms with Crippen molar-refractivity contribution < 1.29 is 0 Å². The van der Waals surface area contributed by atoms with Crippen LogP contribution in [-0.4, -0.2) is 24.1 Å². The second-order valence-electron chi connectivity index (χ2n) is 8.02. The van der Waals surface area contributed by atoms with Crippen molar-refractivity contribution in [2.45, 2.75) is 58.3 Å². The number of rotatable bonds is 7. The van der Waals surface area contributed by atoms with E-state index in [4.69, 9.17) is 17.5 Å². The van der Waals surface area contributed by atoms with Gasteiger partial charge in [-0.25, -0.2) is 4.42 Å². The molecule has 4 aliphatic carbocycles. The molecule has 0 amide bonds. The molecule has 4 unspecified atom stereocenters. The minimum atomic E-state index is 0.568. The van der Waals surface area contributed by atoms with Crippen LogP contribution < -0.4 is 5.73 Å². The second kappa shape index (κ2) is 6.14. The number of nitrogens with zero attached hydrogens (tertiary/aromatic N) is 1. The Morgan fingerprint density at radius 2 is 1.80 bits per heavy atom. The predicted molar refractivity (Wildman–Crippen MR) is 85.5 cm³/mol. The van der Waals surface area contributed by atoms with Crippen molar-refractivity contribution in [1.29, 1.82) is 0 Å². The van der Waals surface area contributed by atoms with Crippen LogP contribution in [0.1, 0.15) is 58.3 Å². The molecule has 0 aromatic rings. The van der Waals surface area contributed by atoms with E-state index in [1.165, 1.54) is 44.9 Å². The van der Waals surface area contributed by atoms with Gasteiger partial charge in [-0.1, -0.05) is 13.3 Å². The Morgan fingerprint density at radius 1 is 1.10 bits per heavy atom. The molecule has 0 spiro atoms. The molecule has 116 valence electrons. The van der Waals surface area contributed by atoms with Crippen molar-refractivity contribution in [2.75, 3.05) is 19.6 Å². The van der Waals surface area contributed by atoms with Gasteiger partial charge in [0.2, 0.25) is 0 Å². The Kier molecular flexibility index (Phi) is 4.64. The number of nitrogens with two attached hydrogens (primary N) is 1. The Balaban J connectivity index is 1.52. The van der Waals surface area contributed by atoms with Crippen molar-refractivity contribution in [3.8, 4) is 0 Å². The standard InChI is InChI=1S/C17H31ClN2/c1-13-15-7-14-8-16(13)11-17(9-14,10-15)12-20(18)6-4-2-3-5-19/h13-16H,2-12,19H2,1H3/t13?,14?,15-,16?,17?/m0/s1. The van der Waals surface area contributed by atoms with E-state index >= 15 is 0 Å². The topological polar surface area (TPSA) is 29.3 Å². The third kappa shape index (κ3) is 3.03. The van der Waals surface area contributed by atoms with E-state index in [0.29, 0.717) is 5.41 Å². The zero-order chi connectivity index (χ0) is 14.2. The molecule has 0 aliphatic heterocycles. The largest absolute Gasteiger partial charge is 0.330 e. The van der Waals surface area contributed by atoms with Crippen LogP contribution in [0.15, 0.2) is 0 Å². The molecular weight excluding hydrogens is 268 g/mol. The molecule has 0 aromatic carbocycles. The highest BCUT2D eigenvalue weighted by atomic mass is 35.5. The smallest absolute Gasteiger partial charge is 0.0195 e. The van der Waals surface area contributed by atoms with Gasteiger partial charge in [-0.2, -0.15) is 0 Å². The molecule has 0 saturated heterocycles. The van der Waals surface area contributed by atoms with E-state index in [9.17, 15) is 0 Å². The predicted octanol–water partition coefficient (Wildman–Crippen LogP) is 4.03. The van der Waals surface area contributed by atoms with Crippen LogP contribution in [0.4, 0.5) is 0 Å². The van der Waals surface area contributed by atoms with Gasteiger partial charge in [0, 0.05) is 13.1 Å². The first-order valence-electron chi connectivity index (χ1n) is 8.73. The lowest BCUT2D eigenvalue weighted by atomic mass is 9.46. The molecule has 3 heteroatoms. The molecule has 4 rings (SSSR count). The van der Waals surface area contributed by atoms with Crippen LogP contribution in [0.3, 0.4) is 0 Å². The molecule has 2 N–H and O–H groups in total. The van der Waals surface area contributed by atoms with Crippen LogP contribution in [0.25, 0.3) is 0 Å². The van der Waals surface area contributed by atoms with Crippen molar-refractivity contribution in [3.63, 3.8) is 0 Å². The lowest BCUT2D eigenvalue weighted by Crippen LogP contribution is -2.53. The summed E-state index contributed by atoms with van der Waals surface area (Å²) in [6.45, 7) is 5.49. The molecule has 2 nitrogen and oxygen atoms in total. The minimum absolute atomic E-state index is 0.568. The molecule has 0 aromatic heterocycles. The highest BCUT2D eigenvalue weighted by Crippen LogP contribution is 2.62. The first kappa shape index (κ1) is 15.1. The van der Waals surface area contributed by atoms with Gasteiger partial charge in [0.05, 0.1) is 0 Å². The summed E-state index contributed by atoms with van der Waals surface area (Å²) in [6.07, 6.45) is 10.9. The first-order chi connectivity index (χ1) is 9.62. The van der Waals surface area contributed by atoms with Gasteiger partial charge in [-0.05, 0) is 92.4 Å². The van der Waals surface area contributed by atoms with Crippen molar-refractivity contribution in [2.24, 2.45) is 34.8 Å². The Labute approximate surface area is 129 Å². The Bertz CT molecular complexity index is 317. The molecule has 5 atom stereocenters. The molecule has 0 radical (unpaired) electrons. The van der Waals surface area contributed by atoms with Gasteiger partial charge in [-0.15, -0.1) is 0 Å². The summed E-state index contributed by atoms with van der Waals surface area (Å²) in [4.78, 5) is 0. The average molecular weight is 299 g/mol. The van der Waals surface area contributed by atoms with Crippen molar-refractivity contribution in [1.82, 2.24) is 4.42 Å². The maximum atomic E-state index is 6.53. The normalized spacial score (nSPS) is 42.6. The number of hydrogen-bond acceptors (Lipinski definition) is 2. The lowest BCUT2D eigenvalue weighted by Gasteiger charge is -2.60. The van der Waals surface area contributed by atoms with Crippen LogP contribution in [0.2, 0.25) is 0 Å². The minimum Gasteiger partial charge on any atom is -0.330 e. The van der Waals surface area contributed by atoms with E-state index < -0.39 is 0 Å². The van der Waals surface area contributed by atoms with Crippen LogP contribution in [-0.2, 0) is 0 Å². The van der Waals surface area contributed by atoms with Crippen molar-refractivity contribution in [3.05, 3.63) is 0 Å². The molecule has 0 heterocycles. The SMILES string of the molecule is CC1C2CC3C[C@H]1CC(CN(Cl)CCCCCN)(C3)C2. The summed E-state index contributed by atoms with van der Waals surface area (Å²) >= 11 is 6.53. The molecular formula is C17H31ClN2. The molecule has 4 saturated carbocycles. The fraction of sp³-hybridized carbons (Fsp3) is 1.00. The van der Waals surface area contributed by atoms with E-state index in [1.54, 1.807) is 0 Å². The lowest BCUT2D eigenvalue weighted by molar-refractivity contribution is -0.0946. The highest BCUT2D eigenvalue weighted by molar-refractivity contribution is 6.13. The fourth-order valence-corrected chi connectivity index (χ4v) is 6.06. The highest BCUT2D eigenvalue weighted by Gasteiger charge is 2.54. The monoisotopic (exact) mass is 298 g/mol. The van der Waals surface area contributed by atoms with Crippen LogP contribution >= 0.6 is 11.8 Å². The maximum Gasteiger partial charge on any atom is 0.0195 e. The molecule has 4 aliphatic rings. The quantitative estimate of drug-likeness (QED) is 0.568. The van der Waals surface area contributed by atoms with Crippen LogP contribution in [0.5, 0.6) is 0 Å². The third-order valence-corrected chi connectivity index (χ3v) is 6.77. The van der Waals surface area contributed by atoms with Gasteiger partial charge in [0.25, 0.3) is 0 Å². The Morgan fingerprint density at radius 3 is 2.45 bits per heavy atom. The summed E-state index contributed by atoms with van der Waals surface area (Å²) < 4.78 is 2.11. The summed E-state index contributed by atoms with van der Waals surface area (Å²) in [6, 6.07) is 0. The van der Waals surface area contributed by atoms with Gasteiger partial charge < -0.3 is 5.73 Å². The Hall–Kier alpha value is 0.210. The zero-order valence-corrected chi connectivity index (χ0v) is 13.7. The van der Waals surface area contributed by atoms with E-state index in [2.05, 4.69) is 11.3 Å². The summed E-state index contributed by atoms with van der Waals surface area (Å²) in [5.74, 6) is 4.01. The van der Waals surface area contributed by atoms with Crippen LogP contribution in [0, 0.1) is 29.1 Å². The zero-order valence-electron chi connectivity index (χ0n) is 13.0. The summed E-state index contributed by atoms with van der Waals surface area (Å²) in [5.41, 5.74) is 6.11. The number of halogens is 1. The average Bonchev–Trinajstić information content (AvgIpc) is 2.39. The van der Waals surface area contributed by atoms with Gasteiger partial charge in [0.1, 0.15) is 0 Å². The summed E-state index contributed by atoms with van der Waals surface area (Å²) in [5, 5.41) is 0. The van der Waals surface area contributed by atoms with Gasteiger partial charge >= 0.3 is 0 Å². The number of hydrogen-bond donors (Lipinski definition) is 1. The second-order valence-corrected chi connectivity index (χ2v) is 8.50. The summed E-state index contributed by atoms with van der Waals surface area (Å²) in [7, 11) is 0.